The molecule has 0 amide bonds. The van der Waals surface area contributed by atoms with Crippen LogP contribution >= 0.6 is 11.6 Å². The average molecular weight is 489 g/mol. The Hall–Kier alpha value is -2.20. The van der Waals surface area contributed by atoms with E-state index < -0.39 is 48.3 Å². The molecule has 0 saturated heterocycles. The van der Waals surface area contributed by atoms with Crippen molar-refractivity contribution in [2.75, 3.05) is 25.8 Å². The van der Waals surface area contributed by atoms with Crippen molar-refractivity contribution in [3.05, 3.63) is 59.7 Å². The summed E-state index contributed by atoms with van der Waals surface area (Å²) in [6.07, 6.45) is -12.5. The van der Waals surface area contributed by atoms with E-state index in [1.165, 1.54) is 0 Å². The van der Waals surface area contributed by atoms with Crippen molar-refractivity contribution >= 4 is 11.6 Å². The summed E-state index contributed by atoms with van der Waals surface area (Å²) in [5.74, 6) is 0.269. The Morgan fingerprint density at radius 3 is 1.59 bits per heavy atom. The number of hydrogen-bond donors (Lipinski definition) is 1. The number of ether oxygens (including phenoxy) is 2. The summed E-state index contributed by atoms with van der Waals surface area (Å²) < 4.78 is 107. The summed E-state index contributed by atoms with van der Waals surface area (Å²) in [5, 5.41) is 9.14. The van der Waals surface area contributed by atoms with Crippen molar-refractivity contribution in [3.63, 3.8) is 0 Å². The third-order valence-corrected chi connectivity index (χ3v) is 4.86. The number of benzene rings is 2. The van der Waals surface area contributed by atoms with Crippen LogP contribution in [-0.2, 0) is 5.41 Å². The Kier molecular flexibility index (Phi) is 8.64. The number of alkyl halides is 8. The molecule has 0 saturated carbocycles. The van der Waals surface area contributed by atoms with Crippen molar-refractivity contribution in [2.45, 2.75) is 30.3 Å². The highest BCUT2D eigenvalue weighted by atomic mass is 35.5. The monoisotopic (exact) mass is 488 g/mol. The van der Waals surface area contributed by atoms with E-state index in [0.29, 0.717) is 18.6 Å². The molecule has 0 radical (unpaired) electrons. The highest BCUT2D eigenvalue weighted by molar-refractivity contribution is 6.17. The van der Waals surface area contributed by atoms with Gasteiger partial charge in [-0.25, -0.2) is 4.39 Å². The Morgan fingerprint density at radius 2 is 1.22 bits per heavy atom. The van der Waals surface area contributed by atoms with Crippen molar-refractivity contribution in [1.82, 2.24) is 0 Å². The summed E-state index contributed by atoms with van der Waals surface area (Å²) in [6.45, 7) is -1.47. The van der Waals surface area contributed by atoms with Gasteiger partial charge in [0.05, 0.1) is 6.61 Å². The number of rotatable bonds is 10. The van der Waals surface area contributed by atoms with Crippen LogP contribution in [0.1, 0.15) is 17.5 Å². The quantitative estimate of drug-likeness (QED) is 0.260. The van der Waals surface area contributed by atoms with Crippen molar-refractivity contribution in [3.8, 4) is 11.5 Å². The van der Waals surface area contributed by atoms with E-state index in [1.807, 2.05) is 0 Å². The van der Waals surface area contributed by atoms with Gasteiger partial charge in [0.15, 0.2) is 0 Å². The predicted molar refractivity (Wildman–Crippen MR) is 104 cm³/mol. The molecule has 0 bridgehead atoms. The molecule has 0 aliphatic rings. The maximum Gasteiger partial charge on any atom is 0.411 e. The fourth-order valence-corrected chi connectivity index (χ4v) is 3.18. The highest BCUT2D eigenvalue weighted by Crippen LogP contribution is 2.56. The highest BCUT2D eigenvalue weighted by Gasteiger charge is 2.72. The molecule has 0 heterocycles. The zero-order valence-corrected chi connectivity index (χ0v) is 17.3. The predicted octanol–water partition coefficient (Wildman–Crippen LogP) is 5.81. The number of aliphatic hydroxyl groups is 1. The zero-order valence-electron chi connectivity index (χ0n) is 16.5. The summed E-state index contributed by atoms with van der Waals surface area (Å²) in [5.41, 5.74) is -6.43. The van der Waals surface area contributed by atoms with Crippen LogP contribution in [0.15, 0.2) is 48.5 Å². The molecule has 0 spiro atoms. The third-order valence-electron chi connectivity index (χ3n) is 4.59. The summed E-state index contributed by atoms with van der Waals surface area (Å²) in [6, 6.07) is 6.59. The van der Waals surface area contributed by atoms with Crippen LogP contribution in [0.25, 0.3) is 0 Å². The molecular formula is C21H20ClF7O3. The SMILES string of the molecule is OC(CF)COc1ccc(C(c2ccc(OCCCCl)cc2)(C(F)(F)F)C(F)(F)F)cc1. The Balaban J connectivity index is 2.49. The first-order valence-electron chi connectivity index (χ1n) is 9.37. The lowest BCUT2D eigenvalue weighted by molar-refractivity contribution is -0.288. The van der Waals surface area contributed by atoms with Gasteiger partial charge in [-0.2, -0.15) is 26.3 Å². The van der Waals surface area contributed by atoms with Gasteiger partial charge in [0.25, 0.3) is 0 Å². The molecule has 2 rings (SSSR count). The van der Waals surface area contributed by atoms with Gasteiger partial charge in [-0.05, 0) is 41.8 Å². The standard InChI is InChI=1S/C21H20ClF7O3/c22-10-1-11-31-17-6-2-14(3-7-17)19(20(24,25)26,21(27,28)29)15-4-8-18(9-5-15)32-13-16(30)12-23/h2-9,16,30H,1,10-13H2. The topological polar surface area (TPSA) is 38.7 Å². The lowest BCUT2D eigenvalue weighted by Gasteiger charge is -2.38. The first-order valence-corrected chi connectivity index (χ1v) is 9.91. The Bertz CT molecular complexity index is 822. The molecule has 1 unspecified atom stereocenters. The molecule has 0 aliphatic carbocycles. The van der Waals surface area contributed by atoms with Gasteiger partial charge in [-0.15, -0.1) is 11.6 Å². The second kappa shape index (κ2) is 10.6. The first-order chi connectivity index (χ1) is 15.0. The van der Waals surface area contributed by atoms with Gasteiger partial charge in [0.1, 0.15) is 30.9 Å². The van der Waals surface area contributed by atoms with Crippen LogP contribution in [0.2, 0.25) is 0 Å². The lowest BCUT2D eigenvalue weighted by atomic mass is 9.73. The largest absolute Gasteiger partial charge is 0.494 e. The Labute approximate surface area is 184 Å². The second-order valence-corrected chi connectivity index (χ2v) is 7.18. The van der Waals surface area contributed by atoms with Gasteiger partial charge in [-0.3, -0.25) is 0 Å². The molecule has 1 atom stereocenters. The minimum Gasteiger partial charge on any atom is -0.494 e. The van der Waals surface area contributed by atoms with Crippen molar-refractivity contribution in [2.24, 2.45) is 0 Å². The van der Waals surface area contributed by atoms with Crippen LogP contribution in [-0.4, -0.2) is 49.3 Å². The third kappa shape index (κ3) is 5.58. The van der Waals surface area contributed by atoms with Crippen LogP contribution in [0.5, 0.6) is 11.5 Å². The maximum absolute atomic E-state index is 14.1. The number of halogens is 8. The van der Waals surface area contributed by atoms with E-state index in [9.17, 15) is 30.7 Å². The molecule has 3 nitrogen and oxygen atoms in total. The second-order valence-electron chi connectivity index (χ2n) is 6.80. The zero-order chi connectivity index (χ0) is 24.0. The number of hydrogen-bond acceptors (Lipinski definition) is 3. The van der Waals surface area contributed by atoms with Crippen molar-refractivity contribution in [1.29, 1.82) is 0 Å². The molecule has 2 aromatic rings. The molecule has 178 valence electrons. The van der Waals surface area contributed by atoms with E-state index in [1.54, 1.807) is 0 Å². The lowest BCUT2D eigenvalue weighted by Crippen LogP contribution is -2.54. The fourth-order valence-electron chi connectivity index (χ4n) is 3.07. The van der Waals surface area contributed by atoms with E-state index in [4.69, 9.17) is 26.2 Å². The summed E-state index contributed by atoms with van der Waals surface area (Å²) in [7, 11) is 0. The van der Waals surface area contributed by atoms with Crippen LogP contribution < -0.4 is 9.47 Å². The molecular weight excluding hydrogens is 469 g/mol. The van der Waals surface area contributed by atoms with Gasteiger partial charge in [0, 0.05) is 5.88 Å². The summed E-state index contributed by atoms with van der Waals surface area (Å²) >= 11 is 5.51. The minimum atomic E-state index is -5.74. The molecule has 0 fully saturated rings. The molecule has 2 aromatic carbocycles. The fraction of sp³-hybridized carbons (Fsp3) is 0.429. The van der Waals surface area contributed by atoms with Gasteiger partial charge < -0.3 is 14.6 Å². The molecule has 0 aromatic heterocycles. The minimum absolute atomic E-state index is 0.104. The van der Waals surface area contributed by atoms with Crippen molar-refractivity contribution < 1.29 is 45.3 Å². The van der Waals surface area contributed by atoms with E-state index in [0.717, 1.165) is 36.4 Å². The van der Waals surface area contributed by atoms with Gasteiger partial charge in [0.2, 0.25) is 5.41 Å². The number of aliphatic hydroxyl groups excluding tert-OH is 1. The Morgan fingerprint density at radius 1 is 0.781 bits per heavy atom. The van der Waals surface area contributed by atoms with Crippen LogP contribution in [0.4, 0.5) is 30.7 Å². The molecule has 1 N–H and O–H groups in total. The van der Waals surface area contributed by atoms with E-state index in [-0.39, 0.29) is 24.0 Å². The molecule has 32 heavy (non-hydrogen) atoms. The van der Waals surface area contributed by atoms with E-state index >= 15 is 0 Å². The molecule has 0 aliphatic heterocycles. The van der Waals surface area contributed by atoms with E-state index in [2.05, 4.69) is 0 Å². The first kappa shape index (κ1) is 26.1. The molecule has 11 heteroatoms. The average Bonchev–Trinajstić information content (AvgIpc) is 2.72. The smallest absolute Gasteiger partial charge is 0.411 e. The van der Waals surface area contributed by atoms with Crippen LogP contribution in [0.3, 0.4) is 0 Å². The summed E-state index contributed by atoms with van der Waals surface area (Å²) in [4.78, 5) is 0. The van der Waals surface area contributed by atoms with Gasteiger partial charge in [-0.1, -0.05) is 24.3 Å². The van der Waals surface area contributed by atoms with Gasteiger partial charge >= 0.3 is 12.4 Å². The van der Waals surface area contributed by atoms with Crippen LogP contribution in [0, 0.1) is 0 Å². The normalized spacial score (nSPS) is 13.7. The maximum atomic E-state index is 14.1.